The third kappa shape index (κ3) is 4.38. The van der Waals surface area contributed by atoms with Gasteiger partial charge in [-0.25, -0.2) is 4.79 Å². The van der Waals surface area contributed by atoms with E-state index in [0.717, 1.165) is 42.9 Å². The largest absolute Gasteiger partial charge is 0.373 e. The van der Waals surface area contributed by atoms with Crippen LogP contribution >= 0.6 is 0 Å². The van der Waals surface area contributed by atoms with Crippen molar-refractivity contribution < 1.29 is 19.1 Å². The fourth-order valence-electron chi connectivity index (χ4n) is 5.23. The molecule has 1 aromatic rings. The molecule has 3 fully saturated rings. The Labute approximate surface area is 189 Å². The summed E-state index contributed by atoms with van der Waals surface area (Å²) in [6, 6.07) is 7.10. The molecule has 3 aliphatic rings. The van der Waals surface area contributed by atoms with E-state index >= 15 is 0 Å². The lowest BCUT2D eigenvalue weighted by Gasteiger charge is -2.38. The zero-order valence-corrected chi connectivity index (χ0v) is 19.5. The van der Waals surface area contributed by atoms with Gasteiger partial charge in [0.2, 0.25) is 5.91 Å². The van der Waals surface area contributed by atoms with Crippen LogP contribution in [0, 0.1) is 6.92 Å². The molecule has 1 N–H and O–H groups in total. The molecule has 0 radical (unpaired) electrons. The number of nitrogens with one attached hydrogen (secondary N) is 1. The maximum atomic E-state index is 13.2. The molecule has 4 atom stereocenters. The highest BCUT2D eigenvalue weighted by molar-refractivity contribution is 6.09. The van der Waals surface area contributed by atoms with Crippen LogP contribution in [-0.4, -0.2) is 83.5 Å². The fraction of sp³-hybridized carbons (Fsp3) is 0.625. The summed E-state index contributed by atoms with van der Waals surface area (Å²) in [6.07, 6.45) is 2.23. The van der Waals surface area contributed by atoms with Crippen LogP contribution in [0.5, 0.6) is 0 Å². The summed E-state index contributed by atoms with van der Waals surface area (Å²) < 4.78 is 5.82. The van der Waals surface area contributed by atoms with Gasteiger partial charge < -0.3 is 15.0 Å². The smallest absolute Gasteiger partial charge is 0.325 e. The number of likely N-dealkylation sites (tertiary alicyclic amines) is 1. The predicted molar refractivity (Wildman–Crippen MR) is 120 cm³/mol. The molecule has 1 aromatic carbocycles. The molecule has 4 rings (SSSR count). The molecule has 0 aliphatic carbocycles. The zero-order chi connectivity index (χ0) is 23.0. The average molecular weight is 443 g/mol. The number of carbonyl (C=O) groups excluding carboxylic acids is 3. The molecular formula is C24H34N4O4. The Morgan fingerprint density at radius 2 is 1.81 bits per heavy atom. The highest BCUT2D eigenvalue weighted by Crippen LogP contribution is 2.29. The summed E-state index contributed by atoms with van der Waals surface area (Å²) in [5.41, 5.74) is 0.631. The maximum Gasteiger partial charge on any atom is 0.325 e. The number of urea groups is 1. The van der Waals surface area contributed by atoms with Gasteiger partial charge in [-0.05, 0) is 46.1 Å². The molecule has 0 spiro atoms. The van der Waals surface area contributed by atoms with E-state index in [0.29, 0.717) is 12.1 Å². The first-order valence-electron chi connectivity index (χ1n) is 11.6. The number of imide groups is 1. The molecule has 3 heterocycles. The summed E-state index contributed by atoms with van der Waals surface area (Å²) in [6.45, 7) is 10.8. The number of amides is 4. The van der Waals surface area contributed by atoms with Gasteiger partial charge in [0.15, 0.2) is 0 Å². The molecular weight excluding hydrogens is 408 g/mol. The van der Waals surface area contributed by atoms with Crippen LogP contribution in [-0.2, 0) is 19.9 Å². The summed E-state index contributed by atoms with van der Waals surface area (Å²) >= 11 is 0. The van der Waals surface area contributed by atoms with Crippen molar-refractivity contribution in [2.45, 2.75) is 64.3 Å². The maximum absolute atomic E-state index is 13.2. The van der Waals surface area contributed by atoms with Crippen LogP contribution in [0.25, 0.3) is 0 Å². The van der Waals surface area contributed by atoms with Gasteiger partial charge in [-0.15, -0.1) is 0 Å². The van der Waals surface area contributed by atoms with Crippen LogP contribution < -0.4 is 5.32 Å². The Balaban J connectivity index is 1.42. The molecule has 0 aromatic heterocycles. The quantitative estimate of drug-likeness (QED) is 0.704. The number of rotatable bonds is 5. The molecule has 174 valence electrons. The van der Waals surface area contributed by atoms with Crippen molar-refractivity contribution in [3.05, 3.63) is 35.4 Å². The standard InChI is InChI=1S/C24H34N4O4/c1-16-7-9-19(10-8-16)24(4)22(30)28(23(31)25-24)15-21(29)27-11-5-6-20(27)14-26-12-17(2)32-18(3)13-26/h7-10,17-18,20H,5-6,11-15H2,1-4H3,(H,25,31). The van der Waals surface area contributed by atoms with Crippen LogP contribution in [0.1, 0.15) is 44.7 Å². The number of hydrogen-bond donors (Lipinski definition) is 1. The Kier molecular flexibility index (Phi) is 6.27. The number of morpholine rings is 1. The van der Waals surface area contributed by atoms with E-state index in [1.165, 1.54) is 0 Å². The lowest BCUT2D eigenvalue weighted by atomic mass is 9.91. The van der Waals surface area contributed by atoms with Crippen LogP contribution in [0.2, 0.25) is 0 Å². The van der Waals surface area contributed by atoms with E-state index in [2.05, 4.69) is 24.1 Å². The Hall–Kier alpha value is -2.45. The Morgan fingerprint density at radius 1 is 1.16 bits per heavy atom. The normalized spacial score (nSPS) is 31.3. The van der Waals surface area contributed by atoms with E-state index in [-0.39, 0.29) is 36.6 Å². The van der Waals surface area contributed by atoms with E-state index < -0.39 is 11.6 Å². The van der Waals surface area contributed by atoms with Crippen molar-refractivity contribution >= 4 is 17.8 Å². The third-order valence-electron chi connectivity index (χ3n) is 6.86. The molecule has 0 saturated carbocycles. The molecule has 8 heteroatoms. The van der Waals surface area contributed by atoms with Crippen molar-refractivity contribution in [3.8, 4) is 0 Å². The van der Waals surface area contributed by atoms with Crippen molar-refractivity contribution in [2.75, 3.05) is 32.7 Å². The van der Waals surface area contributed by atoms with Crippen molar-refractivity contribution in [2.24, 2.45) is 0 Å². The molecule has 3 saturated heterocycles. The van der Waals surface area contributed by atoms with Gasteiger partial charge in [-0.2, -0.15) is 0 Å². The zero-order valence-electron chi connectivity index (χ0n) is 19.5. The van der Waals surface area contributed by atoms with Gasteiger partial charge in [-0.3, -0.25) is 19.4 Å². The van der Waals surface area contributed by atoms with Gasteiger partial charge in [0.05, 0.1) is 12.2 Å². The molecule has 4 unspecified atom stereocenters. The second-order valence-electron chi connectivity index (χ2n) is 9.67. The average Bonchev–Trinajstić information content (AvgIpc) is 3.26. The van der Waals surface area contributed by atoms with Gasteiger partial charge in [0.1, 0.15) is 12.1 Å². The first-order chi connectivity index (χ1) is 15.2. The second-order valence-corrected chi connectivity index (χ2v) is 9.67. The monoisotopic (exact) mass is 442 g/mol. The van der Waals surface area contributed by atoms with Crippen LogP contribution in [0.3, 0.4) is 0 Å². The second kappa shape index (κ2) is 8.83. The van der Waals surface area contributed by atoms with Crippen molar-refractivity contribution in [1.29, 1.82) is 0 Å². The van der Waals surface area contributed by atoms with Crippen LogP contribution in [0.15, 0.2) is 24.3 Å². The molecule has 32 heavy (non-hydrogen) atoms. The predicted octanol–water partition coefficient (Wildman–Crippen LogP) is 1.86. The van der Waals surface area contributed by atoms with E-state index in [4.69, 9.17) is 4.74 Å². The Morgan fingerprint density at radius 3 is 2.47 bits per heavy atom. The Bertz CT molecular complexity index is 878. The first kappa shape index (κ1) is 22.7. The minimum atomic E-state index is -1.16. The third-order valence-corrected chi connectivity index (χ3v) is 6.86. The van der Waals surface area contributed by atoms with Gasteiger partial charge in [-0.1, -0.05) is 29.8 Å². The lowest BCUT2D eigenvalue weighted by Crippen LogP contribution is -2.52. The number of ether oxygens (including phenoxy) is 1. The highest BCUT2D eigenvalue weighted by Gasteiger charge is 2.50. The minimum Gasteiger partial charge on any atom is -0.373 e. The SMILES string of the molecule is Cc1ccc(C2(C)NC(=O)N(CC(=O)N3CCCC3CN3CC(C)OC(C)C3)C2=O)cc1. The topological polar surface area (TPSA) is 82.2 Å². The number of hydrogen-bond acceptors (Lipinski definition) is 5. The molecule has 3 aliphatic heterocycles. The summed E-state index contributed by atoms with van der Waals surface area (Å²) in [5, 5.41) is 2.79. The number of nitrogens with zero attached hydrogens (tertiary/aromatic N) is 3. The summed E-state index contributed by atoms with van der Waals surface area (Å²) in [5.74, 6) is -0.551. The highest BCUT2D eigenvalue weighted by atomic mass is 16.5. The van der Waals surface area contributed by atoms with Crippen molar-refractivity contribution in [1.82, 2.24) is 20.0 Å². The number of aryl methyl sites for hydroxylation is 1. The molecule has 0 bridgehead atoms. The molecule has 8 nitrogen and oxygen atoms in total. The van der Waals surface area contributed by atoms with E-state index in [1.807, 2.05) is 36.1 Å². The fourth-order valence-corrected chi connectivity index (χ4v) is 5.23. The number of carbonyl (C=O) groups is 3. The van der Waals surface area contributed by atoms with Gasteiger partial charge in [0.25, 0.3) is 5.91 Å². The van der Waals surface area contributed by atoms with Crippen molar-refractivity contribution in [3.63, 3.8) is 0 Å². The summed E-state index contributed by atoms with van der Waals surface area (Å²) in [4.78, 5) is 44.3. The van der Waals surface area contributed by atoms with Crippen LogP contribution in [0.4, 0.5) is 4.79 Å². The number of benzene rings is 1. The minimum absolute atomic E-state index is 0.101. The summed E-state index contributed by atoms with van der Waals surface area (Å²) in [7, 11) is 0. The first-order valence-corrected chi connectivity index (χ1v) is 11.6. The lowest BCUT2D eigenvalue weighted by molar-refractivity contribution is -0.140. The molecule has 4 amide bonds. The van der Waals surface area contributed by atoms with Gasteiger partial charge >= 0.3 is 6.03 Å². The van der Waals surface area contributed by atoms with Gasteiger partial charge in [0, 0.05) is 32.2 Å². The van der Waals surface area contributed by atoms with E-state index in [9.17, 15) is 14.4 Å². The van der Waals surface area contributed by atoms with E-state index in [1.54, 1.807) is 6.92 Å².